The minimum absolute atomic E-state index is 0.157. The molecule has 1 aromatic rings. The lowest BCUT2D eigenvalue weighted by molar-refractivity contribution is -0.158. The Kier molecular flexibility index (Phi) is 8.79. The third-order valence-electron chi connectivity index (χ3n) is 11.4. The van der Waals surface area contributed by atoms with Crippen molar-refractivity contribution in [3.05, 3.63) is 59.2 Å². The number of amides is 5. The van der Waals surface area contributed by atoms with Gasteiger partial charge in [-0.3, -0.25) is 24.0 Å². The van der Waals surface area contributed by atoms with Crippen molar-refractivity contribution < 1.29 is 33.5 Å². The summed E-state index contributed by atoms with van der Waals surface area (Å²) >= 11 is 6.42. The van der Waals surface area contributed by atoms with Crippen LogP contribution in [0.1, 0.15) is 57.4 Å². The molecule has 0 aromatic heterocycles. The summed E-state index contributed by atoms with van der Waals surface area (Å²) in [6, 6.07) is 3.39. The van der Waals surface area contributed by atoms with E-state index in [0.717, 1.165) is 0 Å². The van der Waals surface area contributed by atoms with Crippen LogP contribution in [0.25, 0.3) is 0 Å². The molecule has 0 radical (unpaired) electrons. The van der Waals surface area contributed by atoms with Crippen LogP contribution in [0.5, 0.6) is 0 Å². The number of fused-ring (bicyclic) bond motifs is 3. The second kappa shape index (κ2) is 12.9. The standard InChI is InChI=1S/C36H42ClN5O7/c1-21(43)38-27(20-23-6-3-4-7-26(23)37)31(44)40-18-5-16-36(40)17-14-25-10-12-28(42(25)35(36)48)32(45)39-19-15-22-8-9-24-11-13-29(34(47)49-2)41(24)33(46)30(22)39/h3-4,6-9,14,17,22,24-25,27-30H,5,10-13,15-16,18-20H2,1-2H3,(H,38,43)/t22-,24-,25-,27-,28-,29-,30-,36+/m0/s1. The van der Waals surface area contributed by atoms with Gasteiger partial charge in [-0.2, -0.15) is 0 Å². The van der Waals surface area contributed by atoms with Crippen molar-refractivity contribution in [2.24, 2.45) is 5.92 Å². The SMILES string of the molecule is COC(=O)[C@@H]1CC[C@@H]2C=C[C@H]3CCN(C(=O)[C@@H]4CC[C@H]5C=C[C@]6(CCCN6C(=O)[C@H](Cc6ccccc6Cl)NC(C)=O)C(=O)N54)[C@@H]3C(=O)N21. The van der Waals surface area contributed by atoms with Gasteiger partial charge in [0.15, 0.2) is 0 Å². The number of esters is 1. The number of nitrogens with one attached hydrogen (secondary N) is 1. The van der Waals surface area contributed by atoms with Crippen LogP contribution in [0.2, 0.25) is 5.02 Å². The minimum atomic E-state index is -1.29. The Balaban J connectivity index is 1.14. The van der Waals surface area contributed by atoms with E-state index in [-0.39, 0.29) is 54.0 Å². The highest BCUT2D eigenvalue weighted by molar-refractivity contribution is 6.31. The zero-order chi connectivity index (χ0) is 34.6. The zero-order valence-electron chi connectivity index (χ0n) is 27.8. The third-order valence-corrected chi connectivity index (χ3v) is 11.7. The molecule has 0 unspecified atom stereocenters. The molecule has 1 N–H and O–H groups in total. The summed E-state index contributed by atoms with van der Waals surface area (Å²) in [5, 5.41) is 3.25. The fraction of sp³-hybridized carbons (Fsp3) is 0.556. The number of hydrogen-bond donors (Lipinski definition) is 1. The topological polar surface area (TPSA) is 137 Å². The number of benzene rings is 1. The van der Waals surface area contributed by atoms with Crippen molar-refractivity contribution in [1.82, 2.24) is 24.9 Å². The summed E-state index contributed by atoms with van der Waals surface area (Å²) in [6.45, 7) is 2.03. The van der Waals surface area contributed by atoms with Gasteiger partial charge in [0.1, 0.15) is 29.7 Å². The largest absolute Gasteiger partial charge is 0.467 e. The van der Waals surface area contributed by atoms with Crippen molar-refractivity contribution in [3.8, 4) is 0 Å². The highest BCUT2D eigenvalue weighted by Crippen LogP contribution is 2.43. The molecule has 0 bridgehead atoms. The molecule has 1 spiro atoms. The van der Waals surface area contributed by atoms with Crippen LogP contribution in [0.3, 0.4) is 0 Å². The number of nitrogens with zero attached hydrogens (tertiary/aromatic N) is 4. The highest BCUT2D eigenvalue weighted by atomic mass is 35.5. The van der Waals surface area contributed by atoms with Crippen LogP contribution in [0.15, 0.2) is 48.6 Å². The van der Waals surface area contributed by atoms with E-state index in [1.54, 1.807) is 37.8 Å². The Morgan fingerprint density at radius 2 is 1.69 bits per heavy atom. The average Bonchev–Trinajstić information content (AvgIpc) is 3.88. The van der Waals surface area contributed by atoms with Crippen LogP contribution in [-0.2, 0) is 39.9 Å². The summed E-state index contributed by atoms with van der Waals surface area (Å²) in [6.07, 6.45) is 11.6. The lowest BCUT2D eigenvalue weighted by Gasteiger charge is -2.45. The zero-order valence-corrected chi connectivity index (χ0v) is 28.5. The van der Waals surface area contributed by atoms with Gasteiger partial charge in [-0.1, -0.05) is 54.1 Å². The monoisotopic (exact) mass is 691 g/mol. The number of carbonyl (C=O) groups excluding carboxylic acids is 6. The molecular weight excluding hydrogens is 650 g/mol. The summed E-state index contributed by atoms with van der Waals surface area (Å²) in [4.78, 5) is 88.8. The Morgan fingerprint density at radius 3 is 2.43 bits per heavy atom. The van der Waals surface area contributed by atoms with Gasteiger partial charge in [-0.25, -0.2) is 4.79 Å². The van der Waals surface area contributed by atoms with Gasteiger partial charge in [0, 0.05) is 37.4 Å². The van der Waals surface area contributed by atoms with Crippen molar-refractivity contribution in [2.75, 3.05) is 20.2 Å². The lowest BCUT2D eigenvalue weighted by atomic mass is 9.88. The molecule has 49 heavy (non-hydrogen) atoms. The second-order valence-corrected chi connectivity index (χ2v) is 14.4. The summed E-state index contributed by atoms with van der Waals surface area (Å²) in [5.41, 5.74) is -0.594. The van der Waals surface area contributed by atoms with Gasteiger partial charge in [0.25, 0.3) is 5.91 Å². The maximum atomic E-state index is 14.7. The molecule has 0 aliphatic carbocycles. The van der Waals surface area contributed by atoms with Crippen LogP contribution in [-0.4, -0.2) is 117 Å². The molecular formula is C36H42ClN5O7. The van der Waals surface area contributed by atoms with Crippen LogP contribution < -0.4 is 5.32 Å². The first kappa shape index (κ1) is 33.3. The number of likely N-dealkylation sites (tertiary alicyclic amines) is 2. The molecule has 13 heteroatoms. The van der Waals surface area contributed by atoms with Crippen LogP contribution in [0.4, 0.5) is 0 Å². The molecule has 7 rings (SSSR count). The van der Waals surface area contributed by atoms with Gasteiger partial charge in [-0.05, 0) is 56.6 Å². The normalized spacial score (nSPS) is 32.2. The van der Waals surface area contributed by atoms with E-state index < -0.39 is 35.7 Å². The average molecular weight is 692 g/mol. The van der Waals surface area contributed by atoms with E-state index in [9.17, 15) is 28.8 Å². The molecule has 6 heterocycles. The van der Waals surface area contributed by atoms with E-state index in [0.29, 0.717) is 68.6 Å². The van der Waals surface area contributed by atoms with E-state index >= 15 is 0 Å². The smallest absolute Gasteiger partial charge is 0.328 e. The molecule has 1 aromatic carbocycles. The van der Waals surface area contributed by atoms with Crippen molar-refractivity contribution >= 4 is 47.1 Å². The van der Waals surface area contributed by atoms with Gasteiger partial charge >= 0.3 is 5.97 Å². The van der Waals surface area contributed by atoms with Crippen molar-refractivity contribution in [1.29, 1.82) is 0 Å². The number of ether oxygens (including phenoxy) is 1. The fourth-order valence-electron chi connectivity index (χ4n) is 9.10. The first-order valence-electron chi connectivity index (χ1n) is 17.3. The maximum Gasteiger partial charge on any atom is 0.328 e. The number of rotatable bonds is 6. The Morgan fingerprint density at radius 1 is 0.959 bits per heavy atom. The number of hydrogen-bond acceptors (Lipinski definition) is 7. The van der Waals surface area contributed by atoms with E-state index in [1.165, 1.54) is 14.0 Å². The van der Waals surface area contributed by atoms with Crippen molar-refractivity contribution in [3.63, 3.8) is 0 Å². The summed E-state index contributed by atoms with van der Waals surface area (Å²) < 4.78 is 5.01. The fourth-order valence-corrected chi connectivity index (χ4v) is 9.31. The van der Waals surface area contributed by atoms with Gasteiger partial charge in [0.2, 0.25) is 23.6 Å². The molecule has 5 amide bonds. The van der Waals surface area contributed by atoms with Crippen LogP contribution in [0, 0.1) is 5.92 Å². The Labute approximate surface area is 290 Å². The molecule has 12 nitrogen and oxygen atoms in total. The van der Waals surface area contributed by atoms with E-state index in [2.05, 4.69) is 5.32 Å². The van der Waals surface area contributed by atoms with Gasteiger partial charge in [-0.15, -0.1) is 0 Å². The van der Waals surface area contributed by atoms with Gasteiger partial charge < -0.3 is 29.7 Å². The molecule has 6 aliphatic rings. The number of methoxy groups -OCH3 is 1. The number of carbonyl (C=O) groups is 6. The van der Waals surface area contributed by atoms with E-state index in [1.807, 2.05) is 30.4 Å². The minimum Gasteiger partial charge on any atom is -0.467 e. The predicted molar refractivity (Wildman–Crippen MR) is 178 cm³/mol. The molecule has 8 atom stereocenters. The Hall–Kier alpha value is -4.19. The molecule has 0 saturated carbocycles. The Bertz CT molecular complexity index is 1650. The third kappa shape index (κ3) is 5.52. The first-order chi connectivity index (χ1) is 23.6. The lowest BCUT2D eigenvalue weighted by Crippen LogP contribution is -2.65. The molecule has 260 valence electrons. The summed E-state index contributed by atoms with van der Waals surface area (Å²) in [5.74, 6) is -2.26. The summed E-state index contributed by atoms with van der Waals surface area (Å²) in [7, 11) is 1.31. The van der Waals surface area contributed by atoms with Crippen LogP contribution >= 0.6 is 11.6 Å². The maximum absolute atomic E-state index is 14.7. The predicted octanol–water partition coefficient (Wildman–Crippen LogP) is 2.00. The second-order valence-electron chi connectivity index (χ2n) is 14.0. The number of halogens is 1. The molecule has 4 fully saturated rings. The quantitative estimate of drug-likeness (QED) is 0.356. The highest BCUT2D eigenvalue weighted by Gasteiger charge is 2.58. The van der Waals surface area contributed by atoms with Crippen molar-refractivity contribution in [2.45, 2.75) is 100 Å². The first-order valence-corrected chi connectivity index (χ1v) is 17.7. The molecule has 4 saturated heterocycles. The van der Waals surface area contributed by atoms with Gasteiger partial charge in [0.05, 0.1) is 19.2 Å². The molecule has 6 aliphatic heterocycles. The van der Waals surface area contributed by atoms with E-state index in [4.69, 9.17) is 16.3 Å².